The van der Waals surface area contributed by atoms with Crippen LogP contribution in [0.4, 0.5) is 17.3 Å². The molecule has 4 nitrogen and oxygen atoms in total. The van der Waals surface area contributed by atoms with Crippen molar-refractivity contribution in [3.05, 3.63) is 39.6 Å². The van der Waals surface area contributed by atoms with Crippen LogP contribution in [0.15, 0.2) is 22.7 Å². The predicted molar refractivity (Wildman–Crippen MR) is 87.8 cm³/mol. The van der Waals surface area contributed by atoms with Crippen molar-refractivity contribution in [2.45, 2.75) is 27.7 Å². The molecule has 0 aliphatic carbocycles. The summed E-state index contributed by atoms with van der Waals surface area (Å²) in [5.74, 6) is 2.39. The molecule has 2 N–H and O–H groups in total. The Morgan fingerprint density at radius 3 is 2.20 bits per heavy atom. The van der Waals surface area contributed by atoms with Gasteiger partial charge in [0.15, 0.2) is 0 Å². The lowest BCUT2D eigenvalue weighted by Gasteiger charge is -2.12. The fourth-order valence-corrected chi connectivity index (χ4v) is 2.30. The molecule has 0 fully saturated rings. The molecule has 1 aromatic carbocycles. The molecule has 0 aliphatic heterocycles. The average Bonchev–Trinajstić information content (AvgIpc) is 2.35. The molecular formula is C15H19BrN4. The normalized spacial score (nSPS) is 10.4. The Hall–Kier alpha value is -1.62. The van der Waals surface area contributed by atoms with Crippen molar-refractivity contribution in [2.75, 3.05) is 17.2 Å². The van der Waals surface area contributed by atoms with Gasteiger partial charge in [-0.15, -0.1) is 0 Å². The number of benzene rings is 1. The van der Waals surface area contributed by atoms with E-state index in [0.29, 0.717) is 0 Å². The molecule has 0 radical (unpaired) electrons. The van der Waals surface area contributed by atoms with Crippen LogP contribution in [0.2, 0.25) is 0 Å². The van der Waals surface area contributed by atoms with E-state index >= 15 is 0 Å². The number of halogens is 1. The maximum absolute atomic E-state index is 4.42. The second-order valence-electron chi connectivity index (χ2n) is 4.76. The molecule has 0 unspecified atom stereocenters. The summed E-state index contributed by atoms with van der Waals surface area (Å²) in [6, 6.07) is 6.12. The molecule has 0 atom stereocenters. The number of hydrogen-bond acceptors (Lipinski definition) is 4. The monoisotopic (exact) mass is 334 g/mol. The smallest absolute Gasteiger partial charge is 0.136 e. The first-order chi connectivity index (χ1) is 9.49. The van der Waals surface area contributed by atoms with E-state index in [4.69, 9.17) is 0 Å². The van der Waals surface area contributed by atoms with Crippen LogP contribution in [0.1, 0.15) is 23.9 Å². The third kappa shape index (κ3) is 3.48. The average molecular weight is 335 g/mol. The molecule has 20 heavy (non-hydrogen) atoms. The fourth-order valence-electron chi connectivity index (χ4n) is 2.07. The van der Waals surface area contributed by atoms with Gasteiger partial charge in [-0.1, -0.05) is 15.9 Å². The molecule has 2 aromatic rings. The van der Waals surface area contributed by atoms with E-state index in [-0.39, 0.29) is 0 Å². The van der Waals surface area contributed by atoms with Gasteiger partial charge in [0.2, 0.25) is 0 Å². The zero-order valence-corrected chi connectivity index (χ0v) is 13.8. The van der Waals surface area contributed by atoms with Crippen LogP contribution in [0.25, 0.3) is 0 Å². The van der Waals surface area contributed by atoms with Gasteiger partial charge in [-0.2, -0.15) is 0 Å². The molecule has 0 amide bonds. The minimum atomic E-state index is 0.747. The summed E-state index contributed by atoms with van der Waals surface area (Å²) in [6.45, 7) is 8.94. The van der Waals surface area contributed by atoms with Crippen LogP contribution in [0.5, 0.6) is 0 Å². The van der Waals surface area contributed by atoms with Gasteiger partial charge >= 0.3 is 0 Å². The first kappa shape index (κ1) is 14.8. The van der Waals surface area contributed by atoms with E-state index in [1.165, 1.54) is 11.1 Å². The molecule has 5 heteroatoms. The first-order valence-electron chi connectivity index (χ1n) is 6.63. The van der Waals surface area contributed by atoms with E-state index in [1.807, 2.05) is 19.9 Å². The molecule has 0 aliphatic rings. The summed E-state index contributed by atoms with van der Waals surface area (Å²) in [6.07, 6.45) is 0. The number of anilines is 3. The Bertz CT molecular complexity index is 602. The topological polar surface area (TPSA) is 49.8 Å². The lowest BCUT2D eigenvalue weighted by molar-refractivity contribution is 1.04. The zero-order valence-electron chi connectivity index (χ0n) is 12.2. The molecule has 0 saturated carbocycles. The largest absolute Gasteiger partial charge is 0.370 e. The number of nitrogens with zero attached hydrogens (tertiary/aromatic N) is 2. The maximum Gasteiger partial charge on any atom is 0.136 e. The summed E-state index contributed by atoms with van der Waals surface area (Å²) >= 11 is 3.58. The molecule has 0 bridgehead atoms. The molecule has 106 valence electrons. The van der Waals surface area contributed by atoms with Crippen molar-refractivity contribution in [3.8, 4) is 0 Å². The number of rotatable bonds is 4. The van der Waals surface area contributed by atoms with Crippen LogP contribution in [0.3, 0.4) is 0 Å². The van der Waals surface area contributed by atoms with E-state index in [2.05, 4.69) is 62.5 Å². The summed E-state index contributed by atoms with van der Waals surface area (Å²) in [4.78, 5) is 8.76. The summed E-state index contributed by atoms with van der Waals surface area (Å²) < 4.78 is 1.15. The first-order valence-corrected chi connectivity index (χ1v) is 7.42. The minimum absolute atomic E-state index is 0.747. The standard InChI is InChI=1S/C15H19BrN4/c1-5-17-13-8-14(19-11(4)18-13)20-12-6-9(2)15(16)10(3)7-12/h6-8H,5H2,1-4H3,(H2,17,18,19,20). The Balaban J connectivity index is 2.30. The van der Waals surface area contributed by atoms with Gasteiger partial charge in [0.25, 0.3) is 0 Å². The Morgan fingerprint density at radius 1 is 1.00 bits per heavy atom. The summed E-state index contributed by atoms with van der Waals surface area (Å²) in [5, 5.41) is 6.55. The number of aryl methyl sites for hydroxylation is 3. The summed E-state index contributed by atoms with van der Waals surface area (Å²) in [7, 11) is 0. The van der Waals surface area contributed by atoms with Crippen molar-refractivity contribution in [1.82, 2.24) is 9.97 Å². The Morgan fingerprint density at radius 2 is 1.60 bits per heavy atom. The highest BCUT2D eigenvalue weighted by Gasteiger charge is 2.05. The quantitative estimate of drug-likeness (QED) is 0.873. The van der Waals surface area contributed by atoms with Gasteiger partial charge < -0.3 is 10.6 Å². The lowest BCUT2D eigenvalue weighted by atomic mass is 10.1. The fraction of sp³-hybridized carbons (Fsp3) is 0.333. The van der Waals surface area contributed by atoms with Gasteiger partial charge in [0, 0.05) is 22.8 Å². The Kier molecular flexibility index (Phi) is 4.60. The van der Waals surface area contributed by atoms with Crippen LogP contribution in [-0.4, -0.2) is 16.5 Å². The minimum Gasteiger partial charge on any atom is -0.370 e. The van der Waals surface area contributed by atoms with Crippen LogP contribution < -0.4 is 10.6 Å². The van der Waals surface area contributed by atoms with E-state index in [9.17, 15) is 0 Å². The van der Waals surface area contributed by atoms with Gasteiger partial charge in [0.1, 0.15) is 17.5 Å². The second-order valence-corrected chi connectivity index (χ2v) is 5.56. The SMILES string of the molecule is CCNc1cc(Nc2cc(C)c(Br)c(C)c2)nc(C)n1. The molecule has 1 aromatic heterocycles. The van der Waals surface area contributed by atoms with Crippen molar-refractivity contribution < 1.29 is 0 Å². The van der Waals surface area contributed by atoms with Crippen LogP contribution in [-0.2, 0) is 0 Å². The Labute approximate surface area is 128 Å². The van der Waals surface area contributed by atoms with Gasteiger partial charge in [-0.3, -0.25) is 0 Å². The highest BCUT2D eigenvalue weighted by atomic mass is 79.9. The second kappa shape index (κ2) is 6.22. The van der Waals surface area contributed by atoms with Crippen LogP contribution in [0, 0.1) is 20.8 Å². The lowest BCUT2D eigenvalue weighted by Crippen LogP contribution is -2.04. The van der Waals surface area contributed by atoms with Gasteiger partial charge in [0.05, 0.1) is 0 Å². The van der Waals surface area contributed by atoms with Crippen LogP contribution >= 0.6 is 15.9 Å². The molecule has 1 heterocycles. The maximum atomic E-state index is 4.42. The van der Waals surface area contributed by atoms with Crippen molar-refractivity contribution in [2.24, 2.45) is 0 Å². The van der Waals surface area contributed by atoms with Crippen molar-refractivity contribution in [1.29, 1.82) is 0 Å². The summed E-state index contributed by atoms with van der Waals surface area (Å²) in [5.41, 5.74) is 3.43. The molecule has 0 spiro atoms. The van der Waals surface area contributed by atoms with Gasteiger partial charge in [-0.25, -0.2) is 9.97 Å². The van der Waals surface area contributed by atoms with E-state index in [1.54, 1.807) is 0 Å². The van der Waals surface area contributed by atoms with Gasteiger partial charge in [-0.05, 0) is 51.0 Å². The zero-order chi connectivity index (χ0) is 14.7. The van der Waals surface area contributed by atoms with E-state index in [0.717, 1.165) is 34.2 Å². The number of aromatic nitrogens is 2. The van der Waals surface area contributed by atoms with Crippen molar-refractivity contribution >= 4 is 33.3 Å². The third-order valence-electron chi connectivity index (χ3n) is 2.90. The van der Waals surface area contributed by atoms with Crippen molar-refractivity contribution in [3.63, 3.8) is 0 Å². The highest BCUT2D eigenvalue weighted by Crippen LogP contribution is 2.27. The molecular weight excluding hydrogens is 316 g/mol. The number of nitrogens with one attached hydrogen (secondary N) is 2. The molecule has 0 saturated heterocycles. The highest BCUT2D eigenvalue weighted by molar-refractivity contribution is 9.10. The van der Waals surface area contributed by atoms with E-state index < -0.39 is 0 Å². The third-order valence-corrected chi connectivity index (χ3v) is 4.16. The number of hydrogen-bond donors (Lipinski definition) is 2. The predicted octanol–water partition coefficient (Wildman–Crippen LogP) is 4.34. The molecule has 2 rings (SSSR count).